The van der Waals surface area contributed by atoms with Crippen molar-refractivity contribution in [1.29, 1.82) is 0 Å². The molecule has 0 spiro atoms. The van der Waals surface area contributed by atoms with E-state index in [1.165, 1.54) is 0 Å². The molecule has 19 heavy (non-hydrogen) atoms. The minimum absolute atomic E-state index is 0.0115. The van der Waals surface area contributed by atoms with E-state index in [1.807, 2.05) is 0 Å². The van der Waals surface area contributed by atoms with Gasteiger partial charge in [0.1, 0.15) is 0 Å². The fraction of sp³-hybridized carbons (Fsp3) is 0.714. The van der Waals surface area contributed by atoms with Gasteiger partial charge in [0.25, 0.3) is 5.91 Å². The first kappa shape index (κ1) is 12.7. The molecular weight excluding hydrogens is 242 g/mol. The van der Waals surface area contributed by atoms with Crippen LogP contribution in [0.25, 0.3) is 0 Å². The summed E-state index contributed by atoms with van der Waals surface area (Å²) in [6, 6.07) is 0.230. The van der Waals surface area contributed by atoms with Crippen molar-refractivity contribution in [2.24, 2.45) is 0 Å². The number of methoxy groups -OCH3 is 1. The highest BCUT2D eigenvalue weighted by molar-refractivity contribution is 5.95. The van der Waals surface area contributed by atoms with Gasteiger partial charge in [-0.05, 0) is 38.5 Å². The molecule has 0 radical (unpaired) electrons. The Morgan fingerprint density at radius 3 is 3.00 bits per heavy atom. The first-order chi connectivity index (χ1) is 9.28. The molecule has 0 saturated heterocycles. The molecule has 3 rings (SSSR count). The van der Waals surface area contributed by atoms with Crippen LogP contribution in [0.15, 0.2) is 6.20 Å². The SMILES string of the molecule is COC1CCCC(NC(=O)c2cn[nH]c2C2CC2)C1. The molecular formula is C14H21N3O2. The maximum Gasteiger partial charge on any atom is 0.254 e. The Morgan fingerprint density at radius 2 is 2.26 bits per heavy atom. The maximum atomic E-state index is 12.3. The second-order valence-corrected chi connectivity index (χ2v) is 5.67. The van der Waals surface area contributed by atoms with Crippen LogP contribution >= 0.6 is 0 Å². The van der Waals surface area contributed by atoms with Crippen molar-refractivity contribution in [3.8, 4) is 0 Å². The van der Waals surface area contributed by atoms with Gasteiger partial charge in [-0.25, -0.2) is 0 Å². The molecule has 2 atom stereocenters. The van der Waals surface area contributed by atoms with Crippen LogP contribution in [0, 0.1) is 0 Å². The highest BCUT2D eigenvalue weighted by Crippen LogP contribution is 2.40. The Morgan fingerprint density at radius 1 is 1.42 bits per heavy atom. The molecule has 0 bridgehead atoms. The van der Waals surface area contributed by atoms with Gasteiger partial charge in [0.2, 0.25) is 0 Å². The zero-order valence-corrected chi connectivity index (χ0v) is 11.3. The highest BCUT2D eigenvalue weighted by atomic mass is 16.5. The standard InChI is InChI=1S/C14H21N3O2/c1-19-11-4-2-3-10(7-11)16-14(18)12-8-15-17-13(12)9-5-6-9/h8-11H,2-7H2,1H3,(H,15,17)(H,16,18). The predicted octanol–water partition coefficient (Wildman–Crippen LogP) is 1.97. The largest absolute Gasteiger partial charge is 0.381 e. The molecule has 2 aliphatic rings. The molecule has 5 heteroatoms. The third-order valence-corrected chi connectivity index (χ3v) is 4.19. The number of nitrogens with zero attached hydrogens (tertiary/aromatic N) is 1. The van der Waals surface area contributed by atoms with Gasteiger partial charge in [-0.1, -0.05) is 0 Å². The van der Waals surface area contributed by atoms with E-state index in [2.05, 4.69) is 15.5 Å². The zero-order chi connectivity index (χ0) is 13.2. The minimum Gasteiger partial charge on any atom is -0.381 e. The summed E-state index contributed by atoms with van der Waals surface area (Å²) < 4.78 is 5.40. The number of carbonyl (C=O) groups is 1. The second kappa shape index (κ2) is 5.33. The van der Waals surface area contributed by atoms with Gasteiger partial charge in [-0.2, -0.15) is 5.10 Å². The van der Waals surface area contributed by atoms with Gasteiger partial charge in [0, 0.05) is 19.1 Å². The average molecular weight is 263 g/mol. The number of amides is 1. The maximum absolute atomic E-state index is 12.3. The van der Waals surface area contributed by atoms with E-state index in [4.69, 9.17) is 4.74 Å². The number of carbonyl (C=O) groups excluding carboxylic acids is 1. The van der Waals surface area contributed by atoms with Gasteiger partial charge >= 0.3 is 0 Å². The summed E-state index contributed by atoms with van der Waals surface area (Å²) in [7, 11) is 1.75. The van der Waals surface area contributed by atoms with E-state index in [1.54, 1.807) is 13.3 Å². The van der Waals surface area contributed by atoms with Crippen molar-refractivity contribution in [2.45, 2.75) is 56.6 Å². The van der Waals surface area contributed by atoms with E-state index in [0.29, 0.717) is 5.92 Å². The van der Waals surface area contributed by atoms with Crippen LogP contribution in [0.2, 0.25) is 0 Å². The molecule has 2 N–H and O–H groups in total. The fourth-order valence-electron chi connectivity index (χ4n) is 2.91. The van der Waals surface area contributed by atoms with Crippen LogP contribution in [-0.4, -0.2) is 35.4 Å². The van der Waals surface area contributed by atoms with Gasteiger partial charge in [0.05, 0.1) is 23.6 Å². The first-order valence-corrected chi connectivity index (χ1v) is 7.15. The lowest BCUT2D eigenvalue weighted by Crippen LogP contribution is -2.40. The van der Waals surface area contributed by atoms with Crippen LogP contribution in [0.3, 0.4) is 0 Å². The molecule has 2 saturated carbocycles. The molecule has 104 valence electrons. The molecule has 1 aromatic heterocycles. The van der Waals surface area contributed by atoms with Gasteiger partial charge in [-0.3, -0.25) is 9.89 Å². The Labute approximate surface area is 113 Å². The lowest BCUT2D eigenvalue weighted by molar-refractivity contribution is 0.0562. The van der Waals surface area contributed by atoms with Crippen molar-refractivity contribution >= 4 is 5.91 Å². The molecule has 1 aromatic rings. The third kappa shape index (κ3) is 2.81. The van der Waals surface area contributed by atoms with E-state index in [0.717, 1.165) is 49.8 Å². The van der Waals surface area contributed by atoms with Crippen LogP contribution in [0.4, 0.5) is 0 Å². The predicted molar refractivity (Wildman–Crippen MR) is 71.1 cm³/mol. The minimum atomic E-state index is 0.0115. The summed E-state index contributed by atoms with van der Waals surface area (Å²) in [5, 5.41) is 10.1. The number of H-pyrrole nitrogens is 1. The second-order valence-electron chi connectivity index (χ2n) is 5.67. The Kier molecular flexibility index (Phi) is 3.55. The number of hydrogen-bond acceptors (Lipinski definition) is 3. The van der Waals surface area contributed by atoms with Crippen LogP contribution in [-0.2, 0) is 4.74 Å². The van der Waals surface area contributed by atoms with Crippen molar-refractivity contribution in [2.75, 3.05) is 7.11 Å². The van der Waals surface area contributed by atoms with Crippen LogP contribution in [0.5, 0.6) is 0 Å². The van der Waals surface area contributed by atoms with Crippen molar-refractivity contribution < 1.29 is 9.53 Å². The normalized spacial score (nSPS) is 27.2. The van der Waals surface area contributed by atoms with Gasteiger partial charge in [0.15, 0.2) is 0 Å². The monoisotopic (exact) mass is 263 g/mol. The Bertz CT molecular complexity index is 453. The smallest absolute Gasteiger partial charge is 0.254 e. The summed E-state index contributed by atoms with van der Waals surface area (Å²) in [4.78, 5) is 12.3. The number of nitrogens with one attached hydrogen (secondary N) is 2. The molecule has 5 nitrogen and oxygen atoms in total. The van der Waals surface area contributed by atoms with Crippen molar-refractivity contribution in [3.63, 3.8) is 0 Å². The summed E-state index contributed by atoms with van der Waals surface area (Å²) in [5.74, 6) is 0.527. The van der Waals surface area contributed by atoms with Crippen LogP contribution in [0.1, 0.15) is 60.5 Å². The average Bonchev–Trinajstić information content (AvgIpc) is 3.16. The van der Waals surface area contributed by atoms with Gasteiger partial charge < -0.3 is 10.1 Å². The molecule has 1 amide bonds. The van der Waals surface area contributed by atoms with E-state index in [-0.39, 0.29) is 18.1 Å². The molecule has 2 fully saturated rings. The number of rotatable bonds is 4. The Hall–Kier alpha value is -1.36. The van der Waals surface area contributed by atoms with Gasteiger partial charge in [-0.15, -0.1) is 0 Å². The molecule has 2 aliphatic carbocycles. The van der Waals surface area contributed by atoms with Crippen molar-refractivity contribution in [1.82, 2.24) is 15.5 Å². The summed E-state index contributed by atoms with van der Waals surface area (Å²) in [6.07, 6.45) is 8.44. The summed E-state index contributed by atoms with van der Waals surface area (Å²) in [5.41, 5.74) is 1.73. The van der Waals surface area contributed by atoms with E-state index < -0.39 is 0 Å². The topological polar surface area (TPSA) is 67.0 Å². The summed E-state index contributed by atoms with van der Waals surface area (Å²) >= 11 is 0. The number of aromatic amines is 1. The summed E-state index contributed by atoms with van der Waals surface area (Å²) in [6.45, 7) is 0. The molecule has 1 heterocycles. The quantitative estimate of drug-likeness (QED) is 0.872. The lowest BCUT2D eigenvalue weighted by atomic mass is 9.92. The van der Waals surface area contributed by atoms with E-state index in [9.17, 15) is 4.79 Å². The fourth-order valence-corrected chi connectivity index (χ4v) is 2.91. The Balaban J connectivity index is 1.62. The first-order valence-electron chi connectivity index (χ1n) is 7.15. The lowest BCUT2D eigenvalue weighted by Gasteiger charge is -2.28. The number of aromatic nitrogens is 2. The third-order valence-electron chi connectivity index (χ3n) is 4.19. The zero-order valence-electron chi connectivity index (χ0n) is 11.3. The van der Waals surface area contributed by atoms with E-state index >= 15 is 0 Å². The number of ether oxygens (including phenoxy) is 1. The van der Waals surface area contributed by atoms with Crippen molar-refractivity contribution in [3.05, 3.63) is 17.5 Å². The molecule has 0 aliphatic heterocycles. The number of hydrogen-bond donors (Lipinski definition) is 2. The highest BCUT2D eigenvalue weighted by Gasteiger charge is 2.31. The van der Waals surface area contributed by atoms with Crippen LogP contribution < -0.4 is 5.32 Å². The molecule has 0 aromatic carbocycles. The molecule has 2 unspecified atom stereocenters.